The first kappa shape index (κ1) is 28.1. The third kappa shape index (κ3) is 4.55. The second-order valence-electron chi connectivity index (χ2n) is 11.9. The number of ketones is 2. The Balaban J connectivity index is 1.67. The van der Waals surface area contributed by atoms with E-state index in [1.165, 1.54) is 6.07 Å². The highest BCUT2D eigenvalue weighted by atomic mass is 16.5. The van der Waals surface area contributed by atoms with E-state index in [9.17, 15) is 24.6 Å². The van der Waals surface area contributed by atoms with Crippen LogP contribution in [0.4, 0.5) is 0 Å². The number of carbonyl (C=O) groups excluding carboxylic acids is 3. The van der Waals surface area contributed by atoms with Crippen molar-refractivity contribution >= 4 is 23.5 Å². The molecule has 1 amide bonds. The molecule has 4 aliphatic carbocycles. The first-order valence-electron chi connectivity index (χ1n) is 14.1. The average molecular weight is 550 g/mol. The van der Waals surface area contributed by atoms with Gasteiger partial charge in [-0.05, 0) is 87.7 Å². The van der Waals surface area contributed by atoms with E-state index in [4.69, 9.17) is 10.5 Å². The quantitative estimate of drug-likeness (QED) is 0.363. The highest BCUT2D eigenvalue weighted by Gasteiger charge is 2.55. The third-order valence-electron chi connectivity index (χ3n) is 9.33. The van der Waals surface area contributed by atoms with Crippen LogP contribution in [0.3, 0.4) is 0 Å². The van der Waals surface area contributed by atoms with Gasteiger partial charge in [-0.1, -0.05) is 25.1 Å². The van der Waals surface area contributed by atoms with Crippen LogP contribution in [0.25, 0.3) is 6.08 Å². The number of aliphatic hydroxyl groups is 1. The van der Waals surface area contributed by atoms with E-state index in [-0.39, 0.29) is 34.5 Å². The molecule has 9 nitrogen and oxygen atoms in total. The lowest BCUT2D eigenvalue weighted by molar-refractivity contribution is -0.128. The minimum Gasteiger partial charge on any atom is -0.510 e. The maximum absolute atomic E-state index is 14.2. The molecule has 6 atom stereocenters. The van der Waals surface area contributed by atoms with Gasteiger partial charge in [0.15, 0.2) is 11.6 Å². The maximum atomic E-state index is 14.2. The van der Waals surface area contributed by atoms with Crippen LogP contribution in [0.5, 0.6) is 5.75 Å². The minimum atomic E-state index is -0.997. The molecule has 40 heavy (non-hydrogen) atoms. The van der Waals surface area contributed by atoms with Crippen LogP contribution in [0.1, 0.15) is 47.7 Å². The van der Waals surface area contributed by atoms with Crippen molar-refractivity contribution in [2.24, 2.45) is 35.3 Å². The molecule has 0 bridgehead atoms. The number of phenols is 1. The summed E-state index contributed by atoms with van der Waals surface area (Å²) in [6, 6.07) is 2.69. The van der Waals surface area contributed by atoms with E-state index in [1.807, 2.05) is 25.3 Å². The van der Waals surface area contributed by atoms with E-state index < -0.39 is 35.1 Å². The predicted octanol–water partition coefficient (Wildman–Crippen LogP) is 2.74. The standard InChI is InChI=1S/C31H39N3O6/c1-15-7-8-17(15)14-40-30-22-18(12-19-16(6-5-11-33-2)9-10-21(35)23(19)27(22)36)13-20-24(30)28(37)25(31(32)39)29(38)26(20)34(3)4/h5-6,9-10,15,17-18,20,24,26,33,35,38H,7-8,11-14H2,1-4H3,(H2,32,39)/b6-5+. The topological polar surface area (TPSA) is 142 Å². The van der Waals surface area contributed by atoms with Gasteiger partial charge in [0.2, 0.25) is 0 Å². The first-order chi connectivity index (χ1) is 19.1. The Labute approximate surface area is 234 Å². The number of hydrogen-bond donors (Lipinski definition) is 4. The molecule has 1 saturated carbocycles. The molecule has 1 fully saturated rings. The van der Waals surface area contributed by atoms with Gasteiger partial charge >= 0.3 is 0 Å². The van der Waals surface area contributed by atoms with Crippen LogP contribution in [-0.4, -0.2) is 72.9 Å². The van der Waals surface area contributed by atoms with E-state index in [0.29, 0.717) is 43.4 Å². The van der Waals surface area contributed by atoms with Crippen molar-refractivity contribution in [1.29, 1.82) is 0 Å². The molecule has 6 unspecified atom stereocenters. The van der Waals surface area contributed by atoms with Gasteiger partial charge in [-0.25, -0.2) is 0 Å². The third-order valence-corrected chi connectivity index (χ3v) is 9.33. The number of Topliss-reactive ketones (excluding diaryl/α,β-unsaturated/α-hetero) is 2. The molecule has 1 aromatic carbocycles. The Bertz CT molecular complexity index is 1340. The molecule has 5 rings (SSSR count). The number of ether oxygens (including phenoxy) is 1. The van der Waals surface area contributed by atoms with Gasteiger partial charge in [0, 0.05) is 12.1 Å². The van der Waals surface area contributed by atoms with Crippen LogP contribution >= 0.6 is 0 Å². The number of nitrogens with two attached hydrogens (primary N) is 1. The molecule has 0 aromatic heterocycles. The molecule has 0 saturated heterocycles. The monoisotopic (exact) mass is 549 g/mol. The van der Waals surface area contributed by atoms with Gasteiger partial charge in [0.05, 0.1) is 24.1 Å². The molecule has 4 aliphatic rings. The number of aromatic hydroxyl groups is 1. The number of fused-ring (bicyclic) bond motifs is 3. The van der Waals surface area contributed by atoms with Crippen molar-refractivity contribution in [1.82, 2.24) is 10.2 Å². The number of nitrogens with zero attached hydrogens (tertiary/aromatic N) is 1. The highest BCUT2D eigenvalue weighted by Crippen LogP contribution is 2.52. The Morgan fingerprint density at radius 1 is 1.23 bits per heavy atom. The number of benzene rings is 1. The first-order valence-corrected chi connectivity index (χ1v) is 14.1. The van der Waals surface area contributed by atoms with Crippen LogP contribution in [0.15, 0.2) is 40.9 Å². The lowest BCUT2D eigenvalue weighted by Gasteiger charge is -2.47. The van der Waals surface area contributed by atoms with Crippen molar-refractivity contribution in [2.45, 2.75) is 38.6 Å². The summed E-state index contributed by atoms with van der Waals surface area (Å²) in [7, 11) is 5.42. The fourth-order valence-electron chi connectivity index (χ4n) is 7.07. The number of nitrogens with one attached hydrogen (secondary N) is 1. The molecule has 5 N–H and O–H groups in total. The summed E-state index contributed by atoms with van der Waals surface area (Å²) >= 11 is 0. The number of rotatable bonds is 8. The number of hydrogen-bond acceptors (Lipinski definition) is 8. The van der Waals surface area contributed by atoms with Gasteiger partial charge in [0.25, 0.3) is 5.91 Å². The number of likely N-dealkylation sites (N-methyl/N-ethyl adjacent to an activating group) is 2. The fraction of sp³-hybridized carbons (Fsp3) is 0.516. The zero-order chi connectivity index (χ0) is 28.9. The molecule has 9 heteroatoms. The molecular weight excluding hydrogens is 510 g/mol. The predicted molar refractivity (Wildman–Crippen MR) is 150 cm³/mol. The van der Waals surface area contributed by atoms with Crippen molar-refractivity contribution in [3.05, 3.63) is 57.6 Å². The van der Waals surface area contributed by atoms with E-state index >= 15 is 0 Å². The van der Waals surface area contributed by atoms with Crippen LogP contribution in [0, 0.1) is 29.6 Å². The Hall–Kier alpha value is -3.43. The van der Waals surface area contributed by atoms with E-state index in [2.05, 4.69) is 12.2 Å². The largest absolute Gasteiger partial charge is 0.510 e. The second-order valence-corrected chi connectivity index (χ2v) is 11.9. The number of allylic oxidation sites excluding steroid dienone is 2. The maximum Gasteiger partial charge on any atom is 0.255 e. The summed E-state index contributed by atoms with van der Waals surface area (Å²) in [4.78, 5) is 42.2. The van der Waals surface area contributed by atoms with E-state index in [0.717, 1.165) is 24.0 Å². The Morgan fingerprint density at radius 3 is 2.58 bits per heavy atom. The summed E-state index contributed by atoms with van der Waals surface area (Å²) in [5, 5.41) is 25.0. The van der Waals surface area contributed by atoms with Crippen LogP contribution in [-0.2, 0) is 20.7 Å². The minimum absolute atomic E-state index is 0.109. The molecular formula is C31H39N3O6. The summed E-state index contributed by atoms with van der Waals surface area (Å²) in [6.45, 7) is 3.17. The van der Waals surface area contributed by atoms with Crippen LogP contribution in [0.2, 0.25) is 0 Å². The SMILES string of the molecule is CNC/C=C/c1ccc(O)c2c1CC1CC3C(C(=O)C(C(N)=O)=C(O)C3N(C)C)C(OCC3CCC3C)=C1C2=O. The van der Waals surface area contributed by atoms with E-state index in [1.54, 1.807) is 19.0 Å². The molecule has 0 aliphatic heterocycles. The number of phenolic OH excluding ortho intramolecular Hbond substituents is 1. The Kier molecular flexibility index (Phi) is 7.63. The molecule has 0 radical (unpaired) electrons. The molecule has 0 spiro atoms. The fourth-order valence-corrected chi connectivity index (χ4v) is 7.07. The van der Waals surface area contributed by atoms with Gasteiger partial charge in [-0.15, -0.1) is 0 Å². The summed E-state index contributed by atoms with van der Waals surface area (Å²) < 4.78 is 6.45. The van der Waals surface area contributed by atoms with Crippen molar-refractivity contribution in [3.63, 3.8) is 0 Å². The smallest absolute Gasteiger partial charge is 0.255 e. The normalized spacial score (nSPS) is 29.8. The second kappa shape index (κ2) is 10.9. The average Bonchev–Trinajstić information content (AvgIpc) is 2.88. The number of amides is 1. The van der Waals surface area contributed by atoms with Crippen molar-refractivity contribution in [2.75, 3.05) is 34.3 Å². The lowest BCUT2D eigenvalue weighted by Crippen LogP contribution is -2.53. The zero-order valence-electron chi connectivity index (χ0n) is 23.6. The van der Waals surface area contributed by atoms with Crippen molar-refractivity contribution < 1.29 is 29.3 Å². The molecule has 0 heterocycles. The Morgan fingerprint density at radius 2 is 1.98 bits per heavy atom. The number of primary amides is 1. The molecule has 214 valence electrons. The zero-order valence-corrected chi connectivity index (χ0v) is 23.6. The number of carbonyl (C=O) groups is 3. The van der Waals surface area contributed by atoms with Gasteiger partial charge in [0.1, 0.15) is 22.8 Å². The molecule has 1 aromatic rings. The van der Waals surface area contributed by atoms with Crippen molar-refractivity contribution in [3.8, 4) is 5.75 Å². The van der Waals surface area contributed by atoms with Gasteiger partial charge in [-0.3, -0.25) is 19.3 Å². The number of aliphatic hydroxyl groups excluding tert-OH is 1. The van der Waals surface area contributed by atoms with Gasteiger partial charge < -0.3 is 26.0 Å². The van der Waals surface area contributed by atoms with Gasteiger partial charge in [-0.2, -0.15) is 0 Å². The summed E-state index contributed by atoms with van der Waals surface area (Å²) in [6.07, 6.45) is 6.91. The summed E-state index contributed by atoms with van der Waals surface area (Å²) in [5.41, 5.74) is 7.40. The summed E-state index contributed by atoms with van der Waals surface area (Å²) in [5.74, 6) is -2.99. The lowest BCUT2D eigenvalue weighted by atomic mass is 9.60. The highest BCUT2D eigenvalue weighted by molar-refractivity contribution is 6.22. The van der Waals surface area contributed by atoms with Crippen LogP contribution < -0.4 is 11.1 Å².